The highest BCUT2D eigenvalue weighted by molar-refractivity contribution is 7.92. The zero-order valence-corrected chi connectivity index (χ0v) is 68.3. The lowest BCUT2D eigenvalue weighted by atomic mass is 10.0. The van der Waals surface area contributed by atoms with Crippen LogP contribution in [0.3, 0.4) is 0 Å². The second kappa shape index (κ2) is 35.4. The van der Waals surface area contributed by atoms with E-state index >= 15 is 0 Å². The molecule has 0 unspecified atom stereocenters. The number of thiophene rings is 4. The third-order valence-electron chi connectivity index (χ3n) is 17.4. The molecule has 4 N–H and O–H groups in total. The number of piperazine rings is 4. The second-order valence-electron chi connectivity index (χ2n) is 26.9. The van der Waals surface area contributed by atoms with Crippen LogP contribution >= 0.6 is 45.3 Å². The van der Waals surface area contributed by atoms with Crippen LogP contribution in [0.5, 0.6) is 0 Å². The molecular formula is C72H88N16O12S8. The van der Waals surface area contributed by atoms with Gasteiger partial charge in [0.2, 0.25) is 23.8 Å². The fourth-order valence-electron chi connectivity index (χ4n) is 11.3. The van der Waals surface area contributed by atoms with Crippen molar-refractivity contribution in [3.63, 3.8) is 0 Å². The fraction of sp³-hybridized carbons (Fsp3) is 0.444. The Labute approximate surface area is 649 Å². The van der Waals surface area contributed by atoms with Crippen molar-refractivity contribution in [3.05, 3.63) is 142 Å². The SMILES string of the molecule is CC#C[C@@H]1CN(S(=O)(=O)c2cccs2)CCN1c1ncc(C(C)(C)O)cn1.CC#C[C@@H]1CN(S(=O)(=O)c2cccs2)CCN1c1ncc(C(C)(C)O)cn1.CC#C[C@H]1CN(S(=O)(=O)c2cccs2)CCN1c1ncc(C(C)(C)O)cn1.CC#C[C@H]1CN(S(=O)(=O)c2cccs2)CCN1c1ncc(C(C)(C)O)cn1. The lowest BCUT2D eigenvalue weighted by Gasteiger charge is -2.38. The van der Waals surface area contributed by atoms with Gasteiger partial charge in [0.05, 0.1) is 22.4 Å². The first-order valence-corrected chi connectivity index (χ1v) is 43.3. The van der Waals surface area contributed by atoms with Crippen molar-refractivity contribution in [2.75, 3.05) is 98.1 Å². The second-order valence-corrected chi connectivity index (χ2v) is 39.4. The van der Waals surface area contributed by atoms with E-state index in [4.69, 9.17) is 0 Å². The summed E-state index contributed by atoms with van der Waals surface area (Å²) in [6.07, 6.45) is 12.7. The molecule has 0 amide bonds. The third kappa shape index (κ3) is 20.5. The van der Waals surface area contributed by atoms with Gasteiger partial charge in [-0.25, -0.2) is 73.5 Å². The molecule has 4 fully saturated rings. The summed E-state index contributed by atoms with van der Waals surface area (Å²) in [6.45, 7) is 24.3. The lowest BCUT2D eigenvalue weighted by Crippen LogP contribution is -2.54. The van der Waals surface area contributed by atoms with Crippen molar-refractivity contribution in [2.24, 2.45) is 0 Å². The molecule has 12 rings (SSSR count). The molecule has 108 heavy (non-hydrogen) atoms. The minimum atomic E-state index is -3.52. The van der Waals surface area contributed by atoms with E-state index in [-0.39, 0.29) is 50.3 Å². The van der Waals surface area contributed by atoms with E-state index in [0.29, 0.717) is 115 Å². The van der Waals surface area contributed by atoms with Gasteiger partial charge in [-0.1, -0.05) is 47.9 Å². The number of rotatable bonds is 16. The van der Waals surface area contributed by atoms with Crippen molar-refractivity contribution in [1.29, 1.82) is 0 Å². The van der Waals surface area contributed by atoms with E-state index in [9.17, 15) is 54.1 Å². The first kappa shape index (κ1) is 84.1. The van der Waals surface area contributed by atoms with Gasteiger partial charge in [0.25, 0.3) is 40.1 Å². The molecule has 4 atom stereocenters. The summed E-state index contributed by atoms with van der Waals surface area (Å²) >= 11 is 4.85. The Morgan fingerprint density at radius 2 is 0.500 bits per heavy atom. The van der Waals surface area contributed by atoms with Crippen molar-refractivity contribution >= 4 is 109 Å². The Morgan fingerprint density at radius 1 is 0.324 bits per heavy atom. The van der Waals surface area contributed by atoms with Crippen molar-refractivity contribution in [2.45, 2.75) is 146 Å². The Morgan fingerprint density at radius 3 is 0.639 bits per heavy atom. The summed E-state index contributed by atoms with van der Waals surface area (Å²) in [5, 5.41) is 47.2. The molecule has 0 saturated carbocycles. The Balaban J connectivity index is 0.000000166. The summed E-state index contributed by atoms with van der Waals surface area (Å²) in [4.78, 5) is 42.5. The van der Waals surface area contributed by atoms with Crippen LogP contribution in [0.1, 0.15) is 105 Å². The highest BCUT2D eigenvalue weighted by Gasteiger charge is 2.40. The molecule has 8 aromatic rings. The van der Waals surface area contributed by atoms with Gasteiger partial charge in [0, 0.05) is 150 Å². The molecular weight excluding hydrogens is 1540 g/mol. The summed E-state index contributed by atoms with van der Waals surface area (Å²) in [5.41, 5.74) is -1.62. The molecule has 0 aliphatic carbocycles. The quantitative estimate of drug-likeness (QED) is 0.0733. The average Bonchev–Trinajstić information content (AvgIpc) is 1.27. The number of aromatic nitrogens is 8. The van der Waals surface area contributed by atoms with E-state index in [0.717, 1.165) is 0 Å². The number of nitrogens with zero attached hydrogens (tertiary/aromatic N) is 16. The molecule has 0 spiro atoms. The van der Waals surface area contributed by atoms with Crippen LogP contribution in [-0.4, -0.2) is 214 Å². The van der Waals surface area contributed by atoms with Gasteiger partial charge in [-0.15, -0.1) is 69.0 Å². The van der Waals surface area contributed by atoms with Crippen LogP contribution in [0.2, 0.25) is 0 Å². The smallest absolute Gasteiger partial charge is 0.252 e. The Bertz CT molecular complexity index is 4400. The van der Waals surface area contributed by atoms with E-state index in [1.165, 1.54) is 62.6 Å². The maximum absolute atomic E-state index is 12.8. The predicted molar refractivity (Wildman–Crippen MR) is 420 cm³/mol. The van der Waals surface area contributed by atoms with Crippen molar-refractivity contribution in [3.8, 4) is 47.4 Å². The maximum Gasteiger partial charge on any atom is 0.252 e. The van der Waals surface area contributed by atoms with Crippen LogP contribution in [0, 0.1) is 47.4 Å². The third-order valence-corrected chi connectivity index (χ3v) is 30.3. The first-order chi connectivity index (χ1) is 50.9. The molecule has 12 heterocycles. The standard InChI is InChI=1S/4C18H22N4O3S2/c4*1-4-6-15-13-21(27(24,25)16-7-5-10-26-16)8-9-22(15)17-19-11-14(12-20-17)18(2,3)23/h4*5,7,10-12,15,23H,8-9,13H2,1-3H3/t4*15-/m1100/s1. The minimum absolute atomic E-state index is 0.248. The number of hydrogen-bond donors (Lipinski definition) is 4. The topological polar surface area (TPSA) is 347 Å². The highest BCUT2D eigenvalue weighted by Crippen LogP contribution is 2.32. The van der Waals surface area contributed by atoms with Gasteiger partial charge >= 0.3 is 0 Å². The van der Waals surface area contributed by atoms with Gasteiger partial charge in [-0.3, -0.25) is 0 Å². The Kier molecular flexibility index (Phi) is 27.5. The zero-order chi connectivity index (χ0) is 78.6. The molecule has 4 aliphatic heterocycles. The highest BCUT2D eigenvalue weighted by atomic mass is 32.3. The average molecular weight is 1630 g/mol. The van der Waals surface area contributed by atoms with Crippen molar-refractivity contribution in [1.82, 2.24) is 57.1 Å². The van der Waals surface area contributed by atoms with Gasteiger partial charge in [0.15, 0.2) is 0 Å². The van der Waals surface area contributed by atoms with Gasteiger partial charge < -0.3 is 40.0 Å². The van der Waals surface area contributed by atoms with E-state index in [1.807, 2.05) is 19.6 Å². The normalized spacial score (nSPS) is 18.8. The summed E-state index contributed by atoms with van der Waals surface area (Å²) in [6, 6.07) is 12.0. The van der Waals surface area contributed by atoms with Gasteiger partial charge in [-0.2, -0.15) is 17.2 Å². The van der Waals surface area contributed by atoms with Crippen LogP contribution in [0.4, 0.5) is 23.8 Å². The van der Waals surface area contributed by atoms with Gasteiger partial charge in [-0.05, 0) is 129 Å². The molecule has 0 radical (unpaired) electrons. The number of aliphatic hydroxyl groups is 4. The molecule has 576 valence electrons. The van der Waals surface area contributed by atoms with E-state index < -0.39 is 62.5 Å². The molecule has 36 heteroatoms. The lowest BCUT2D eigenvalue weighted by molar-refractivity contribution is 0.0772. The number of hydrogen-bond acceptors (Lipinski definition) is 28. The number of sulfonamides is 4. The van der Waals surface area contributed by atoms with Crippen LogP contribution in [-0.2, 0) is 62.5 Å². The van der Waals surface area contributed by atoms with Crippen LogP contribution in [0.25, 0.3) is 0 Å². The summed E-state index contributed by atoms with van der Waals surface area (Å²) < 4.78 is 110. The van der Waals surface area contributed by atoms with Gasteiger partial charge in [0.1, 0.15) is 41.0 Å². The van der Waals surface area contributed by atoms with Crippen LogP contribution in [0.15, 0.2) is 136 Å². The van der Waals surface area contributed by atoms with E-state index in [1.54, 1.807) is 203 Å². The van der Waals surface area contributed by atoms with Crippen molar-refractivity contribution < 1.29 is 54.1 Å². The largest absolute Gasteiger partial charge is 0.386 e. The molecule has 0 bridgehead atoms. The predicted octanol–water partition coefficient (Wildman–Crippen LogP) is 6.67. The maximum atomic E-state index is 12.8. The van der Waals surface area contributed by atoms with Crippen LogP contribution < -0.4 is 19.6 Å². The molecule has 0 aromatic carbocycles. The molecule has 28 nitrogen and oxygen atoms in total. The monoisotopic (exact) mass is 1620 g/mol. The zero-order valence-electron chi connectivity index (χ0n) is 61.8. The molecule has 8 aromatic heterocycles. The fourth-order valence-corrected chi connectivity index (χ4v) is 21.6. The molecule has 4 saturated heterocycles. The molecule has 4 aliphatic rings. The summed E-state index contributed by atoms with van der Waals surface area (Å²) in [5.74, 6) is 25.7. The number of anilines is 4. The Hall–Kier alpha value is -7.96. The minimum Gasteiger partial charge on any atom is -0.386 e. The summed E-state index contributed by atoms with van der Waals surface area (Å²) in [7, 11) is -14.1. The first-order valence-electron chi connectivity index (χ1n) is 34.0. The van der Waals surface area contributed by atoms with E-state index in [2.05, 4.69) is 87.2 Å².